The standard InChI is InChI=1S/C18H14ClF6N5O/c1-29-14(10-4-5-30(9-2-3-9)15(31)12(10)28-29)16(26,18(23,24)25)8-6-11(19)13(27-7-8)17(20,21)22/h4-7,9H,2-3,26H2,1H3. The lowest BCUT2D eigenvalue weighted by Gasteiger charge is -2.32. The number of halogens is 7. The zero-order valence-corrected chi connectivity index (χ0v) is 16.5. The van der Waals surface area contributed by atoms with Gasteiger partial charge in [0.25, 0.3) is 5.56 Å². The minimum Gasteiger partial charge on any atom is -0.311 e. The summed E-state index contributed by atoms with van der Waals surface area (Å²) in [5, 5.41) is 2.74. The zero-order valence-electron chi connectivity index (χ0n) is 15.7. The molecule has 31 heavy (non-hydrogen) atoms. The molecule has 3 aromatic rings. The topological polar surface area (TPSA) is 78.7 Å². The first kappa shape index (κ1) is 21.6. The van der Waals surface area contributed by atoms with Crippen LogP contribution in [0.5, 0.6) is 0 Å². The minimum absolute atomic E-state index is 0.0366. The molecule has 0 saturated heterocycles. The van der Waals surface area contributed by atoms with Crippen LogP contribution in [0.4, 0.5) is 26.3 Å². The van der Waals surface area contributed by atoms with E-state index in [4.69, 9.17) is 17.3 Å². The van der Waals surface area contributed by atoms with Crippen molar-refractivity contribution in [1.82, 2.24) is 19.3 Å². The fourth-order valence-electron chi connectivity index (χ4n) is 3.61. The molecule has 0 spiro atoms. The number of hydrogen-bond donors (Lipinski definition) is 1. The van der Waals surface area contributed by atoms with Crippen molar-refractivity contribution in [1.29, 1.82) is 0 Å². The third kappa shape index (κ3) is 3.28. The summed E-state index contributed by atoms with van der Waals surface area (Å²) in [7, 11) is 1.17. The summed E-state index contributed by atoms with van der Waals surface area (Å²) in [5.74, 6) is 0. The maximum Gasteiger partial charge on any atom is 0.434 e. The summed E-state index contributed by atoms with van der Waals surface area (Å²) in [6.45, 7) is 0. The molecule has 0 bridgehead atoms. The zero-order chi connectivity index (χ0) is 22.9. The molecule has 2 N–H and O–H groups in total. The van der Waals surface area contributed by atoms with Crippen LogP contribution < -0.4 is 11.3 Å². The SMILES string of the molecule is Cn1nc2c(=O)n(C3CC3)ccc2c1C(N)(c1cnc(C(F)(F)F)c(Cl)c1)C(F)(F)F. The van der Waals surface area contributed by atoms with Gasteiger partial charge >= 0.3 is 12.4 Å². The van der Waals surface area contributed by atoms with Gasteiger partial charge in [0.1, 0.15) is 0 Å². The van der Waals surface area contributed by atoms with Crippen LogP contribution in [0.25, 0.3) is 10.9 Å². The molecule has 0 radical (unpaired) electrons. The summed E-state index contributed by atoms with van der Waals surface area (Å²) >= 11 is 5.60. The second-order valence-corrected chi connectivity index (χ2v) is 7.76. The van der Waals surface area contributed by atoms with Crippen molar-refractivity contribution in [3.05, 3.63) is 56.9 Å². The number of fused-ring (bicyclic) bond motifs is 1. The summed E-state index contributed by atoms with van der Waals surface area (Å²) in [6.07, 6.45) is -6.87. The predicted molar refractivity (Wildman–Crippen MR) is 98.5 cm³/mol. The number of nitrogens with two attached hydrogens (primary N) is 1. The quantitative estimate of drug-likeness (QED) is 0.595. The van der Waals surface area contributed by atoms with Crippen molar-refractivity contribution in [2.24, 2.45) is 12.8 Å². The van der Waals surface area contributed by atoms with Gasteiger partial charge in [0.15, 0.2) is 16.7 Å². The molecule has 13 heteroatoms. The van der Waals surface area contributed by atoms with Crippen molar-refractivity contribution < 1.29 is 26.3 Å². The van der Waals surface area contributed by atoms with E-state index in [1.807, 2.05) is 0 Å². The Morgan fingerprint density at radius 3 is 2.35 bits per heavy atom. The van der Waals surface area contributed by atoms with Gasteiger partial charge in [0.05, 0.1) is 10.7 Å². The number of alkyl halides is 6. The first-order valence-electron chi connectivity index (χ1n) is 8.94. The monoisotopic (exact) mass is 465 g/mol. The summed E-state index contributed by atoms with van der Waals surface area (Å²) < 4.78 is 84.0. The van der Waals surface area contributed by atoms with Crippen LogP contribution in [0, 0.1) is 0 Å². The lowest BCUT2D eigenvalue weighted by atomic mass is 9.86. The van der Waals surface area contributed by atoms with E-state index in [0.717, 1.165) is 17.5 Å². The Hall–Kier alpha value is -2.60. The Morgan fingerprint density at radius 1 is 1.19 bits per heavy atom. The van der Waals surface area contributed by atoms with E-state index in [9.17, 15) is 31.1 Å². The Morgan fingerprint density at radius 2 is 1.84 bits per heavy atom. The van der Waals surface area contributed by atoms with Gasteiger partial charge in [-0.25, -0.2) is 4.98 Å². The molecule has 6 nitrogen and oxygen atoms in total. The van der Waals surface area contributed by atoms with E-state index in [0.29, 0.717) is 12.3 Å². The molecule has 0 aromatic carbocycles. The maximum absolute atomic E-state index is 14.3. The number of hydrogen-bond acceptors (Lipinski definition) is 4. The Labute approximate surface area is 175 Å². The van der Waals surface area contributed by atoms with E-state index in [-0.39, 0.29) is 16.9 Å². The van der Waals surface area contributed by atoms with Crippen LogP contribution in [0.1, 0.15) is 35.8 Å². The molecular formula is C18H14ClF6N5O. The normalized spacial score (nSPS) is 17.2. The Kier molecular flexibility index (Phi) is 4.67. The second-order valence-electron chi connectivity index (χ2n) is 7.35. The van der Waals surface area contributed by atoms with Gasteiger partial charge < -0.3 is 10.3 Å². The molecule has 1 saturated carbocycles. The van der Waals surface area contributed by atoms with E-state index in [1.165, 1.54) is 23.9 Å². The first-order chi connectivity index (χ1) is 14.3. The molecule has 0 aliphatic heterocycles. The van der Waals surface area contributed by atoms with Gasteiger partial charge in [-0.3, -0.25) is 9.48 Å². The molecule has 1 fully saturated rings. The minimum atomic E-state index is -5.19. The molecule has 1 atom stereocenters. The highest BCUT2D eigenvalue weighted by Gasteiger charge is 2.58. The number of aromatic nitrogens is 4. The third-order valence-corrected chi connectivity index (χ3v) is 5.54. The number of nitrogens with zero attached hydrogens (tertiary/aromatic N) is 4. The van der Waals surface area contributed by atoms with Crippen LogP contribution in [0.15, 0.2) is 29.3 Å². The van der Waals surface area contributed by atoms with E-state index < -0.39 is 45.4 Å². The van der Waals surface area contributed by atoms with Crippen molar-refractivity contribution in [2.75, 3.05) is 0 Å². The fraction of sp³-hybridized carbons (Fsp3) is 0.389. The van der Waals surface area contributed by atoms with Crippen molar-refractivity contribution in [3.63, 3.8) is 0 Å². The maximum atomic E-state index is 14.3. The molecule has 3 aromatic heterocycles. The van der Waals surface area contributed by atoms with Gasteiger partial charge in [-0.2, -0.15) is 31.4 Å². The van der Waals surface area contributed by atoms with E-state index in [1.54, 1.807) is 0 Å². The van der Waals surface area contributed by atoms with Crippen LogP contribution in [-0.4, -0.2) is 25.5 Å². The lowest BCUT2D eigenvalue weighted by molar-refractivity contribution is -0.178. The Bertz CT molecular complexity index is 1240. The number of rotatable bonds is 3. The second kappa shape index (κ2) is 6.70. The average Bonchev–Trinajstić information content (AvgIpc) is 3.41. The van der Waals surface area contributed by atoms with Crippen LogP contribution in [0.2, 0.25) is 5.02 Å². The average molecular weight is 466 g/mol. The number of aryl methyl sites for hydroxylation is 1. The molecule has 1 aliphatic rings. The lowest BCUT2D eigenvalue weighted by Crippen LogP contribution is -2.52. The molecule has 1 aliphatic carbocycles. The van der Waals surface area contributed by atoms with Crippen LogP contribution in [-0.2, 0) is 18.8 Å². The molecule has 0 amide bonds. The fourth-order valence-corrected chi connectivity index (χ4v) is 3.88. The van der Waals surface area contributed by atoms with E-state index in [2.05, 4.69) is 10.1 Å². The Balaban J connectivity index is 1.99. The van der Waals surface area contributed by atoms with Gasteiger partial charge in [-0.15, -0.1) is 0 Å². The highest BCUT2D eigenvalue weighted by atomic mass is 35.5. The van der Waals surface area contributed by atoms with Crippen molar-refractivity contribution >= 4 is 22.5 Å². The smallest absolute Gasteiger partial charge is 0.311 e. The molecule has 4 rings (SSSR count). The van der Waals surface area contributed by atoms with Gasteiger partial charge in [-0.05, 0) is 25.0 Å². The van der Waals surface area contributed by atoms with Crippen LogP contribution in [0.3, 0.4) is 0 Å². The predicted octanol–water partition coefficient (Wildman–Crippen LogP) is 3.90. The van der Waals surface area contributed by atoms with Crippen molar-refractivity contribution in [3.8, 4) is 0 Å². The molecular weight excluding hydrogens is 452 g/mol. The molecule has 3 heterocycles. The van der Waals surface area contributed by atoms with Crippen LogP contribution >= 0.6 is 11.6 Å². The highest BCUT2D eigenvalue weighted by Crippen LogP contribution is 2.45. The van der Waals surface area contributed by atoms with Gasteiger partial charge in [0.2, 0.25) is 0 Å². The summed E-state index contributed by atoms with van der Waals surface area (Å²) in [4.78, 5) is 15.8. The van der Waals surface area contributed by atoms with E-state index >= 15 is 0 Å². The highest BCUT2D eigenvalue weighted by molar-refractivity contribution is 6.31. The summed E-state index contributed by atoms with van der Waals surface area (Å²) in [6, 6.07) is 1.74. The van der Waals surface area contributed by atoms with Gasteiger partial charge in [-0.1, -0.05) is 11.6 Å². The summed E-state index contributed by atoms with van der Waals surface area (Å²) in [5.41, 5.74) is -1.27. The molecule has 1 unspecified atom stereocenters. The number of pyridine rings is 2. The third-order valence-electron chi connectivity index (χ3n) is 5.25. The first-order valence-corrected chi connectivity index (χ1v) is 9.31. The van der Waals surface area contributed by atoms with Gasteiger partial charge in [0, 0.05) is 36.4 Å². The molecule has 166 valence electrons. The largest absolute Gasteiger partial charge is 0.434 e. The van der Waals surface area contributed by atoms with Crippen molar-refractivity contribution in [2.45, 2.75) is 36.8 Å².